The summed E-state index contributed by atoms with van der Waals surface area (Å²) in [5.74, 6) is -0.225. The third-order valence-corrected chi connectivity index (χ3v) is 5.02. The van der Waals surface area contributed by atoms with Crippen LogP contribution in [0.3, 0.4) is 0 Å². The molecule has 0 aliphatic rings. The molecule has 0 amide bonds. The second-order valence-electron chi connectivity index (χ2n) is 7.78. The Morgan fingerprint density at radius 2 is 1.50 bits per heavy atom. The largest absolute Gasteiger partial charge is 0.489 e. The van der Waals surface area contributed by atoms with Crippen molar-refractivity contribution in [3.63, 3.8) is 0 Å². The van der Waals surface area contributed by atoms with E-state index in [1.165, 1.54) is 24.3 Å². The summed E-state index contributed by atoms with van der Waals surface area (Å²) >= 11 is 0. The molecule has 0 fully saturated rings. The fraction of sp³-hybridized carbons (Fsp3) is 0.280. The van der Waals surface area contributed by atoms with Crippen LogP contribution in [0.5, 0.6) is 11.5 Å². The van der Waals surface area contributed by atoms with Crippen molar-refractivity contribution in [2.75, 3.05) is 11.9 Å². The van der Waals surface area contributed by atoms with Crippen LogP contribution in [0.2, 0.25) is 0 Å². The first-order chi connectivity index (χ1) is 17.0. The van der Waals surface area contributed by atoms with Crippen molar-refractivity contribution in [2.24, 2.45) is 0 Å². The Morgan fingerprint density at radius 1 is 0.833 bits per heavy atom. The molecule has 3 aromatic rings. The molecule has 0 bridgehead atoms. The number of aliphatic hydroxyl groups is 1. The van der Waals surface area contributed by atoms with Crippen LogP contribution in [0.25, 0.3) is 0 Å². The summed E-state index contributed by atoms with van der Waals surface area (Å²) in [4.78, 5) is 0. The van der Waals surface area contributed by atoms with Gasteiger partial charge < -0.3 is 19.9 Å². The normalized spacial score (nSPS) is 12.9. The average molecular weight is 517 g/mol. The number of benzene rings is 3. The minimum atomic E-state index is -4.84. The van der Waals surface area contributed by atoms with E-state index in [-0.39, 0.29) is 24.5 Å². The number of halogens is 7. The highest BCUT2D eigenvalue weighted by molar-refractivity contribution is 5.59. The fourth-order valence-electron chi connectivity index (χ4n) is 3.23. The van der Waals surface area contributed by atoms with Gasteiger partial charge in [-0.1, -0.05) is 48.5 Å². The van der Waals surface area contributed by atoms with Gasteiger partial charge >= 0.3 is 18.7 Å². The van der Waals surface area contributed by atoms with Crippen molar-refractivity contribution in [3.8, 4) is 11.5 Å². The van der Waals surface area contributed by atoms with E-state index in [0.29, 0.717) is 11.1 Å². The van der Waals surface area contributed by atoms with Crippen LogP contribution in [0.4, 0.5) is 36.4 Å². The van der Waals surface area contributed by atoms with Crippen LogP contribution >= 0.6 is 0 Å². The van der Waals surface area contributed by atoms with E-state index in [9.17, 15) is 35.8 Å². The minimum absolute atomic E-state index is 0.0349. The Hall–Kier alpha value is -3.47. The minimum Gasteiger partial charge on any atom is -0.489 e. The summed E-state index contributed by atoms with van der Waals surface area (Å²) in [6, 6.07) is 18.7. The summed E-state index contributed by atoms with van der Waals surface area (Å²) in [5.41, 5.74) is 1.72. The molecule has 0 aliphatic heterocycles. The van der Waals surface area contributed by atoms with Crippen molar-refractivity contribution in [1.29, 1.82) is 0 Å². The quantitative estimate of drug-likeness (QED) is 0.288. The van der Waals surface area contributed by atoms with E-state index in [0.717, 1.165) is 17.7 Å². The predicted molar refractivity (Wildman–Crippen MR) is 119 cm³/mol. The molecule has 0 aromatic heterocycles. The van der Waals surface area contributed by atoms with Gasteiger partial charge in [0.25, 0.3) is 0 Å². The van der Waals surface area contributed by atoms with Crippen molar-refractivity contribution >= 4 is 5.69 Å². The molecule has 0 saturated carbocycles. The van der Waals surface area contributed by atoms with Crippen LogP contribution in [-0.4, -0.2) is 36.5 Å². The Morgan fingerprint density at radius 3 is 2.17 bits per heavy atom. The van der Waals surface area contributed by atoms with Gasteiger partial charge in [0.2, 0.25) is 0 Å². The molecule has 3 rings (SSSR count). The lowest BCUT2D eigenvalue weighted by atomic mass is 10.0. The monoisotopic (exact) mass is 517 g/mol. The molecule has 3 aromatic carbocycles. The van der Waals surface area contributed by atoms with Gasteiger partial charge in [0.1, 0.15) is 18.1 Å². The molecule has 2 N–H and O–H groups in total. The Labute approximate surface area is 202 Å². The third-order valence-electron chi connectivity index (χ3n) is 5.02. The lowest BCUT2D eigenvalue weighted by Crippen LogP contribution is -2.35. The summed E-state index contributed by atoms with van der Waals surface area (Å²) in [6.45, 7) is -0.714. The van der Waals surface area contributed by atoms with E-state index in [1.807, 2.05) is 18.2 Å². The summed E-state index contributed by atoms with van der Waals surface area (Å²) in [7, 11) is 0. The first-order valence-electron chi connectivity index (χ1n) is 10.7. The van der Waals surface area contributed by atoms with Crippen molar-refractivity contribution < 1.29 is 45.3 Å². The van der Waals surface area contributed by atoms with E-state index in [2.05, 4.69) is 10.1 Å². The molecule has 0 heterocycles. The third kappa shape index (κ3) is 7.51. The lowest BCUT2D eigenvalue weighted by Gasteiger charge is -2.20. The maximum atomic E-state index is 13.3. The molecule has 11 heteroatoms. The second-order valence-corrected chi connectivity index (χ2v) is 7.78. The number of hydrogen-bond acceptors (Lipinski definition) is 4. The number of aliphatic hydroxyl groups excluding tert-OH is 1. The Kier molecular flexibility index (Phi) is 8.67. The molecule has 1 unspecified atom stereocenters. The predicted octanol–water partition coefficient (Wildman–Crippen LogP) is 6.43. The molecule has 1 atom stereocenters. The number of ether oxygens (including phenoxy) is 2. The van der Waals surface area contributed by atoms with E-state index in [1.54, 1.807) is 18.2 Å². The molecular weight excluding hydrogens is 495 g/mol. The zero-order valence-corrected chi connectivity index (χ0v) is 18.6. The number of hydrogen-bond donors (Lipinski definition) is 2. The highest BCUT2D eigenvalue weighted by Gasteiger charge is 2.44. The van der Waals surface area contributed by atoms with E-state index < -0.39 is 37.1 Å². The molecular formula is C25H22F7NO3. The molecule has 36 heavy (non-hydrogen) atoms. The lowest BCUT2D eigenvalue weighted by molar-refractivity contribution is -0.253. The van der Waals surface area contributed by atoms with Gasteiger partial charge in [-0.25, -0.2) is 0 Å². The topological polar surface area (TPSA) is 50.7 Å². The van der Waals surface area contributed by atoms with Gasteiger partial charge in [0.05, 0.1) is 0 Å². The average Bonchev–Trinajstić information content (AvgIpc) is 2.82. The molecule has 194 valence electrons. The summed E-state index contributed by atoms with van der Waals surface area (Å²) < 4.78 is 100. The van der Waals surface area contributed by atoms with Gasteiger partial charge in [0, 0.05) is 24.2 Å². The zero-order valence-electron chi connectivity index (χ0n) is 18.6. The van der Waals surface area contributed by atoms with Crippen LogP contribution < -0.4 is 14.8 Å². The maximum absolute atomic E-state index is 13.3. The number of alkyl halides is 7. The van der Waals surface area contributed by atoms with E-state index in [4.69, 9.17) is 4.74 Å². The molecule has 0 spiro atoms. The Bertz CT molecular complexity index is 1120. The van der Waals surface area contributed by atoms with Crippen molar-refractivity contribution in [2.45, 2.75) is 37.8 Å². The number of anilines is 1. The molecule has 0 radical (unpaired) electrons. The SMILES string of the molecule is OC(CNc1cccc(OCc2ccccc2)c1Cc1cccc(OC(F)(F)C(F)F)c1)C(F)(F)F. The molecule has 4 nitrogen and oxygen atoms in total. The highest BCUT2D eigenvalue weighted by atomic mass is 19.4. The standard InChI is InChI=1S/C25H22F7NO3/c26-23(27)25(31,32)36-18-9-4-8-17(12-18)13-19-20(33-14-22(34)24(28,29)30)10-5-11-21(19)35-15-16-6-2-1-3-7-16/h1-12,22-23,33-34H,13-15H2. The van der Waals surface area contributed by atoms with Crippen LogP contribution in [-0.2, 0) is 13.0 Å². The van der Waals surface area contributed by atoms with Gasteiger partial charge in [-0.3, -0.25) is 0 Å². The van der Waals surface area contributed by atoms with Gasteiger partial charge in [0.15, 0.2) is 6.10 Å². The van der Waals surface area contributed by atoms with Crippen LogP contribution in [0.15, 0.2) is 72.8 Å². The molecule has 0 aliphatic carbocycles. The van der Waals surface area contributed by atoms with Crippen LogP contribution in [0.1, 0.15) is 16.7 Å². The second kappa shape index (κ2) is 11.5. The first-order valence-corrected chi connectivity index (χ1v) is 10.7. The molecule has 0 saturated heterocycles. The van der Waals surface area contributed by atoms with Crippen LogP contribution in [0, 0.1) is 0 Å². The zero-order chi connectivity index (χ0) is 26.3. The first kappa shape index (κ1) is 27.1. The van der Waals surface area contributed by atoms with E-state index >= 15 is 0 Å². The summed E-state index contributed by atoms with van der Waals surface area (Å²) in [5, 5.41) is 11.9. The maximum Gasteiger partial charge on any atom is 0.461 e. The number of nitrogens with one attached hydrogen (secondary N) is 1. The van der Waals surface area contributed by atoms with Gasteiger partial charge in [-0.05, 0) is 35.4 Å². The highest BCUT2D eigenvalue weighted by Crippen LogP contribution is 2.33. The smallest absolute Gasteiger partial charge is 0.461 e. The number of rotatable bonds is 11. The van der Waals surface area contributed by atoms with Gasteiger partial charge in [-0.2, -0.15) is 30.7 Å². The van der Waals surface area contributed by atoms with Crippen molar-refractivity contribution in [1.82, 2.24) is 0 Å². The van der Waals surface area contributed by atoms with Gasteiger partial charge in [-0.15, -0.1) is 0 Å². The van der Waals surface area contributed by atoms with Crippen molar-refractivity contribution in [3.05, 3.63) is 89.5 Å². The summed E-state index contributed by atoms with van der Waals surface area (Å²) in [6.07, 6.45) is -16.2. The fourth-order valence-corrected chi connectivity index (χ4v) is 3.23. The Balaban J connectivity index is 1.89.